The van der Waals surface area contributed by atoms with Gasteiger partial charge in [0.1, 0.15) is 6.04 Å². The molecule has 3 heterocycles. The van der Waals surface area contributed by atoms with Crippen molar-refractivity contribution < 1.29 is 9.59 Å². The Hall–Kier alpha value is -1.52. The van der Waals surface area contributed by atoms with Crippen LogP contribution in [0.5, 0.6) is 0 Å². The molecule has 4 fully saturated rings. The SMILES string of the molecule is Cl.N#CC1CCCN1C(=O)CNC1CC2CN(C(=O)N3CCCCC3)CC2C1. The highest BCUT2D eigenvalue weighted by molar-refractivity contribution is 5.85. The maximum absolute atomic E-state index is 12.7. The van der Waals surface area contributed by atoms with Gasteiger partial charge in [-0.1, -0.05) is 0 Å². The lowest BCUT2D eigenvalue weighted by atomic mass is 10.0. The molecule has 0 aromatic heterocycles. The molecular weight excluding hydrogens is 378 g/mol. The molecule has 1 N–H and O–H groups in total. The first kappa shape index (κ1) is 21.2. The molecule has 3 saturated heterocycles. The number of rotatable bonds is 3. The van der Waals surface area contributed by atoms with E-state index in [1.807, 2.05) is 4.90 Å². The van der Waals surface area contributed by atoms with E-state index in [0.29, 0.717) is 31.0 Å². The summed E-state index contributed by atoms with van der Waals surface area (Å²) in [5, 5.41) is 12.6. The van der Waals surface area contributed by atoms with Crippen LogP contribution in [-0.4, -0.2) is 78.0 Å². The minimum absolute atomic E-state index is 0. The number of fused-ring (bicyclic) bond motifs is 1. The topological polar surface area (TPSA) is 79.7 Å². The van der Waals surface area contributed by atoms with Gasteiger partial charge in [-0.15, -0.1) is 12.4 Å². The van der Waals surface area contributed by atoms with Crippen LogP contribution in [0, 0.1) is 23.2 Å². The van der Waals surface area contributed by atoms with Crippen LogP contribution >= 0.6 is 12.4 Å². The van der Waals surface area contributed by atoms with Crippen LogP contribution in [0.1, 0.15) is 44.9 Å². The van der Waals surface area contributed by atoms with Gasteiger partial charge in [0, 0.05) is 38.8 Å². The molecule has 1 aliphatic carbocycles. The van der Waals surface area contributed by atoms with Gasteiger partial charge in [-0.05, 0) is 56.8 Å². The number of carbonyl (C=O) groups is 2. The fraction of sp³-hybridized carbons (Fsp3) is 0.850. The standard InChI is InChI=1S/C20H31N5O2.ClH/c21-11-18-5-4-8-25(18)19(26)12-22-17-9-15-13-24(14-16(15)10-17)20(27)23-6-2-1-3-7-23;/h15-18,22H,1-10,12-14H2;1H. The molecular formula is C20H32ClN5O2. The highest BCUT2D eigenvalue weighted by atomic mass is 35.5. The zero-order chi connectivity index (χ0) is 18.8. The first-order valence-electron chi connectivity index (χ1n) is 10.6. The number of amides is 3. The molecule has 0 aromatic rings. The summed E-state index contributed by atoms with van der Waals surface area (Å²) in [6, 6.07) is 2.59. The summed E-state index contributed by atoms with van der Waals surface area (Å²) in [4.78, 5) is 30.9. The van der Waals surface area contributed by atoms with Crippen LogP contribution in [0.2, 0.25) is 0 Å². The van der Waals surface area contributed by atoms with Crippen molar-refractivity contribution in [3.63, 3.8) is 0 Å². The van der Waals surface area contributed by atoms with Gasteiger partial charge in [0.2, 0.25) is 5.91 Å². The number of nitriles is 1. The molecule has 4 rings (SSSR count). The quantitative estimate of drug-likeness (QED) is 0.771. The van der Waals surface area contributed by atoms with Gasteiger partial charge < -0.3 is 20.0 Å². The number of likely N-dealkylation sites (tertiary alicyclic amines) is 3. The Balaban J connectivity index is 0.00000225. The van der Waals surface area contributed by atoms with Crippen molar-refractivity contribution in [3.05, 3.63) is 0 Å². The molecule has 3 aliphatic heterocycles. The second kappa shape index (κ2) is 9.32. The molecule has 7 nitrogen and oxygen atoms in total. The Morgan fingerprint density at radius 1 is 0.964 bits per heavy atom. The first-order chi connectivity index (χ1) is 13.2. The maximum atomic E-state index is 12.7. The van der Waals surface area contributed by atoms with Gasteiger partial charge in [0.25, 0.3) is 0 Å². The van der Waals surface area contributed by atoms with Crippen molar-refractivity contribution in [2.75, 3.05) is 39.3 Å². The van der Waals surface area contributed by atoms with Crippen molar-refractivity contribution in [1.82, 2.24) is 20.0 Å². The van der Waals surface area contributed by atoms with Crippen LogP contribution in [0.25, 0.3) is 0 Å². The summed E-state index contributed by atoms with van der Waals surface area (Å²) < 4.78 is 0. The average Bonchev–Trinajstić information content (AvgIpc) is 3.40. The van der Waals surface area contributed by atoms with Crippen molar-refractivity contribution >= 4 is 24.3 Å². The minimum atomic E-state index is -0.239. The molecule has 3 unspecified atom stereocenters. The summed E-state index contributed by atoms with van der Waals surface area (Å²) in [6.45, 7) is 4.61. The Kier molecular flexibility index (Phi) is 7.05. The second-order valence-corrected chi connectivity index (χ2v) is 8.68. The van der Waals surface area contributed by atoms with E-state index in [2.05, 4.69) is 16.3 Å². The van der Waals surface area contributed by atoms with Gasteiger partial charge in [0.15, 0.2) is 0 Å². The summed E-state index contributed by atoms with van der Waals surface area (Å²) in [5.74, 6) is 1.17. The van der Waals surface area contributed by atoms with E-state index < -0.39 is 0 Å². The van der Waals surface area contributed by atoms with Gasteiger partial charge in [0.05, 0.1) is 12.6 Å². The monoisotopic (exact) mass is 409 g/mol. The van der Waals surface area contributed by atoms with Crippen molar-refractivity contribution in [2.45, 2.75) is 57.0 Å². The van der Waals surface area contributed by atoms with E-state index in [0.717, 1.165) is 64.7 Å². The van der Waals surface area contributed by atoms with Crippen molar-refractivity contribution in [1.29, 1.82) is 5.26 Å². The fourth-order valence-corrected chi connectivity index (χ4v) is 5.44. The van der Waals surface area contributed by atoms with E-state index in [9.17, 15) is 9.59 Å². The Bertz CT molecular complexity index is 604. The molecule has 1 saturated carbocycles. The summed E-state index contributed by atoms with van der Waals surface area (Å²) in [7, 11) is 0. The molecule has 0 aromatic carbocycles. The highest BCUT2D eigenvalue weighted by Crippen LogP contribution is 2.38. The third-order valence-electron chi connectivity index (χ3n) is 6.91. The van der Waals surface area contributed by atoms with Crippen LogP contribution in [0.3, 0.4) is 0 Å². The molecule has 0 bridgehead atoms. The molecule has 0 spiro atoms. The lowest BCUT2D eigenvalue weighted by molar-refractivity contribution is -0.130. The van der Waals surface area contributed by atoms with Crippen molar-refractivity contribution in [3.8, 4) is 6.07 Å². The Morgan fingerprint density at radius 2 is 1.64 bits per heavy atom. The molecule has 28 heavy (non-hydrogen) atoms. The summed E-state index contributed by atoms with van der Waals surface area (Å²) >= 11 is 0. The largest absolute Gasteiger partial charge is 0.326 e. The van der Waals surface area contributed by atoms with E-state index in [-0.39, 0.29) is 30.4 Å². The smallest absolute Gasteiger partial charge is 0.320 e. The average molecular weight is 410 g/mol. The minimum Gasteiger partial charge on any atom is -0.326 e. The number of nitrogens with one attached hydrogen (secondary N) is 1. The molecule has 3 amide bonds. The van der Waals surface area contributed by atoms with Crippen LogP contribution < -0.4 is 5.32 Å². The highest BCUT2D eigenvalue weighted by Gasteiger charge is 2.43. The van der Waals surface area contributed by atoms with E-state index in [1.165, 1.54) is 6.42 Å². The fourth-order valence-electron chi connectivity index (χ4n) is 5.44. The zero-order valence-corrected chi connectivity index (χ0v) is 17.3. The van der Waals surface area contributed by atoms with E-state index >= 15 is 0 Å². The second-order valence-electron chi connectivity index (χ2n) is 8.68. The van der Waals surface area contributed by atoms with Crippen LogP contribution in [0.15, 0.2) is 0 Å². The number of piperidine rings is 1. The molecule has 3 atom stereocenters. The lowest BCUT2D eigenvalue weighted by Gasteiger charge is -2.31. The van der Waals surface area contributed by atoms with Crippen molar-refractivity contribution in [2.24, 2.45) is 11.8 Å². The first-order valence-corrected chi connectivity index (χ1v) is 10.6. The normalized spacial score (nSPS) is 32.0. The lowest BCUT2D eigenvalue weighted by Crippen LogP contribution is -2.45. The number of halogens is 1. The molecule has 156 valence electrons. The van der Waals surface area contributed by atoms with Gasteiger partial charge in [-0.3, -0.25) is 4.79 Å². The Morgan fingerprint density at radius 3 is 2.29 bits per heavy atom. The number of carbonyl (C=O) groups excluding carboxylic acids is 2. The van der Waals surface area contributed by atoms with Crippen LogP contribution in [-0.2, 0) is 4.79 Å². The third kappa shape index (κ3) is 4.38. The van der Waals surface area contributed by atoms with Gasteiger partial charge in [-0.2, -0.15) is 5.26 Å². The van der Waals surface area contributed by atoms with Gasteiger partial charge >= 0.3 is 6.03 Å². The maximum Gasteiger partial charge on any atom is 0.320 e. The molecule has 0 radical (unpaired) electrons. The number of hydrogen-bond acceptors (Lipinski definition) is 4. The summed E-state index contributed by atoms with van der Waals surface area (Å²) in [5.41, 5.74) is 0. The number of nitrogens with zero attached hydrogens (tertiary/aromatic N) is 4. The van der Waals surface area contributed by atoms with Crippen LogP contribution in [0.4, 0.5) is 4.79 Å². The predicted octanol–water partition coefficient (Wildman–Crippen LogP) is 1.83. The molecule has 8 heteroatoms. The van der Waals surface area contributed by atoms with Gasteiger partial charge in [-0.25, -0.2) is 4.79 Å². The Labute approximate surface area is 173 Å². The third-order valence-corrected chi connectivity index (χ3v) is 6.91. The number of hydrogen-bond donors (Lipinski definition) is 1. The van der Waals surface area contributed by atoms with E-state index in [1.54, 1.807) is 4.90 Å². The number of urea groups is 1. The molecule has 4 aliphatic rings. The van der Waals surface area contributed by atoms with E-state index in [4.69, 9.17) is 5.26 Å². The predicted molar refractivity (Wildman–Crippen MR) is 108 cm³/mol. The summed E-state index contributed by atoms with van der Waals surface area (Å²) in [6.07, 6.45) is 7.34. The zero-order valence-electron chi connectivity index (χ0n) is 16.5.